The highest BCUT2D eigenvalue weighted by Crippen LogP contribution is 2.67. The zero-order valence-corrected chi connectivity index (χ0v) is 15.5. The average Bonchev–Trinajstić information content (AvgIpc) is 2.85. The molecule has 3 saturated carbocycles. The largest absolute Gasteiger partial charge is 0.295 e. The Kier molecular flexibility index (Phi) is 3.60. The summed E-state index contributed by atoms with van der Waals surface area (Å²) in [6.45, 7) is 10.0. The van der Waals surface area contributed by atoms with Crippen molar-refractivity contribution in [2.45, 2.75) is 79.1 Å². The van der Waals surface area contributed by atoms with Gasteiger partial charge >= 0.3 is 0 Å². The lowest BCUT2D eigenvalue weighted by molar-refractivity contribution is -0.117. The zero-order chi connectivity index (χ0) is 16.4. The molecule has 0 amide bonds. The minimum absolute atomic E-state index is 0.341. The van der Waals surface area contributed by atoms with Crippen LogP contribution in [0.4, 0.5) is 0 Å². The van der Waals surface area contributed by atoms with Crippen LogP contribution in [0.15, 0.2) is 11.6 Å². The molecule has 4 aliphatic carbocycles. The number of rotatable bonds is 1. The van der Waals surface area contributed by atoms with Gasteiger partial charge in [0.1, 0.15) is 0 Å². The molecule has 2 unspecified atom stereocenters. The third kappa shape index (κ3) is 2.14. The fraction of sp³-hybridized carbons (Fsp3) is 0.864. The molecular formula is C22H34O. The van der Waals surface area contributed by atoms with Gasteiger partial charge in [-0.3, -0.25) is 4.79 Å². The van der Waals surface area contributed by atoms with Crippen molar-refractivity contribution in [1.82, 2.24) is 0 Å². The number of allylic oxidation sites excluding steroid dienone is 1. The molecular weight excluding hydrogens is 280 g/mol. The summed E-state index contributed by atoms with van der Waals surface area (Å²) in [4.78, 5) is 11.9. The molecule has 0 aromatic carbocycles. The summed E-state index contributed by atoms with van der Waals surface area (Å²) in [5.74, 6) is 4.88. The van der Waals surface area contributed by atoms with E-state index in [1.54, 1.807) is 0 Å². The van der Waals surface area contributed by atoms with Gasteiger partial charge < -0.3 is 0 Å². The van der Waals surface area contributed by atoms with Crippen molar-refractivity contribution < 1.29 is 4.79 Å². The van der Waals surface area contributed by atoms with Crippen LogP contribution in [0.2, 0.25) is 0 Å². The molecule has 0 aliphatic heterocycles. The molecule has 1 nitrogen and oxygen atoms in total. The van der Waals surface area contributed by atoms with Crippen LogP contribution >= 0.6 is 0 Å². The molecule has 0 aromatic heterocycles. The summed E-state index contributed by atoms with van der Waals surface area (Å²) in [6, 6.07) is 0. The number of carbonyl (C=O) groups is 1. The number of hydrogen-bond donors (Lipinski definition) is 0. The van der Waals surface area contributed by atoms with Crippen molar-refractivity contribution in [3.05, 3.63) is 11.6 Å². The van der Waals surface area contributed by atoms with E-state index in [0.29, 0.717) is 16.6 Å². The van der Waals surface area contributed by atoms with Crippen LogP contribution in [-0.4, -0.2) is 5.78 Å². The molecule has 0 heterocycles. The van der Waals surface area contributed by atoms with Gasteiger partial charge in [-0.2, -0.15) is 0 Å². The lowest BCUT2D eigenvalue weighted by Gasteiger charge is -2.58. The van der Waals surface area contributed by atoms with Gasteiger partial charge in [-0.15, -0.1) is 0 Å². The van der Waals surface area contributed by atoms with E-state index in [1.165, 1.54) is 44.1 Å². The van der Waals surface area contributed by atoms with Crippen molar-refractivity contribution in [3.63, 3.8) is 0 Å². The van der Waals surface area contributed by atoms with Crippen molar-refractivity contribution in [2.75, 3.05) is 0 Å². The molecule has 128 valence electrons. The maximum Gasteiger partial charge on any atom is 0.155 e. The van der Waals surface area contributed by atoms with Crippen LogP contribution in [0.1, 0.15) is 79.1 Å². The molecule has 0 spiro atoms. The van der Waals surface area contributed by atoms with Crippen LogP contribution in [0.5, 0.6) is 0 Å². The normalized spacial score (nSPS) is 49.4. The van der Waals surface area contributed by atoms with Crippen LogP contribution in [-0.2, 0) is 4.79 Å². The van der Waals surface area contributed by atoms with E-state index < -0.39 is 0 Å². The second kappa shape index (κ2) is 5.20. The Labute approximate surface area is 142 Å². The highest BCUT2D eigenvalue weighted by Gasteiger charge is 2.59. The predicted octanol–water partition coefficient (Wildman–Crippen LogP) is 5.79. The molecule has 4 rings (SSSR count). The third-order valence-electron chi connectivity index (χ3n) is 8.84. The van der Waals surface area contributed by atoms with E-state index in [4.69, 9.17) is 0 Å². The number of hydrogen-bond acceptors (Lipinski definition) is 1. The average molecular weight is 315 g/mol. The predicted molar refractivity (Wildman–Crippen MR) is 95.0 cm³/mol. The van der Waals surface area contributed by atoms with Crippen molar-refractivity contribution >= 4 is 5.78 Å². The maximum absolute atomic E-state index is 11.9. The summed E-state index contributed by atoms with van der Waals surface area (Å²) >= 11 is 0. The monoisotopic (exact) mass is 314 g/mol. The van der Waals surface area contributed by atoms with Crippen molar-refractivity contribution in [1.29, 1.82) is 0 Å². The second-order valence-electron chi connectivity index (χ2n) is 9.94. The van der Waals surface area contributed by atoms with Gasteiger partial charge in [0.05, 0.1) is 0 Å². The molecule has 0 saturated heterocycles. The van der Waals surface area contributed by atoms with E-state index in [-0.39, 0.29) is 0 Å². The molecule has 0 aromatic rings. The molecule has 6 atom stereocenters. The Bertz CT molecular complexity index is 544. The van der Waals surface area contributed by atoms with Gasteiger partial charge in [0, 0.05) is 6.42 Å². The molecule has 4 aliphatic rings. The first-order valence-electron chi connectivity index (χ1n) is 10.1. The lowest BCUT2D eigenvalue weighted by Crippen LogP contribution is -2.50. The van der Waals surface area contributed by atoms with E-state index in [0.717, 1.165) is 42.4 Å². The molecule has 1 heteroatoms. The Morgan fingerprint density at radius 3 is 2.52 bits per heavy atom. The van der Waals surface area contributed by atoms with E-state index in [2.05, 4.69) is 27.7 Å². The summed E-state index contributed by atoms with van der Waals surface area (Å²) < 4.78 is 0. The van der Waals surface area contributed by atoms with Gasteiger partial charge in [0.15, 0.2) is 5.78 Å². The van der Waals surface area contributed by atoms with E-state index in [1.807, 2.05) is 6.08 Å². The molecule has 3 fully saturated rings. The van der Waals surface area contributed by atoms with Crippen molar-refractivity contribution in [3.8, 4) is 0 Å². The smallest absolute Gasteiger partial charge is 0.155 e. The Morgan fingerprint density at radius 1 is 1.00 bits per heavy atom. The second-order valence-corrected chi connectivity index (χ2v) is 9.94. The van der Waals surface area contributed by atoms with E-state index >= 15 is 0 Å². The first-order chi connectivity index (χ1) is 10.9. The third-order valence-corrected chi connectivity index (χ3v) is 8.84. The molecule has 0 N–H and O–H groups in total. The van der Waals surface area contributed by atoms with Crippen molar-refractivity contribution in [2.24, 2.45) is 40.4 Å². The van der Waals surface area contributed by atoms with Gasteiger partial charge in [0.25, 0.3) is 0 Å². The Morgan fingerprint density at radius 2 is 1.78 bits per heavy atom. The van der Waals surface area contributed by atoms with Crippen LogP contribution < -0.4 is 0 Å². The summed E-state index contributed by atoms with van der Waals surface area (Å²) in [7, 11) is 0. The number of ketones is 1. The van der Waals surface area contributed by atoms with Crippen LogP contribution in [0.25, 0.3) is 0 Å². The van der Waals surface area contributed by atoms with Gasteiger partial charge in [-0.1, -0.05) is 33.3 Å². The highest BCUT2D eigenvalue weighted by molar-refractivity contribution is 5.91. The minimum Gasteiger partial charge on any atom is -0.295 e. The van der Waals surface area contributed by atoms with Gasteiger partial charge in [0.2, 0.25) is 0 Å². The Balaban J connectivity index is 1.66. The molecule has 23 heavy (non-hydrogen) atoms. The zero-order valence-electron chi connectivity index (χ0n) is 15.5. The Hall–Kier alpha value is -0.590. The minimum atomic E-state index is 0.341. The first kappa shape index (κ1) is 15.9. The fourth-order valence-electron chi connectivity index (χ4n) is 7.69. The summed E-state index contributed by atoms with van der Waals surface area (Å²) in [6.07, 6.45) is 12.3. The lowest BCUT2D eigenvalue weighted by atomic mass is 9.46. The van der Waals surface area contributed by atoms with Gasteiger partial charge in [-0.25, -0.2) is 0 Å². The van der Waals surface area contributed by atoms with Crippen LogP contribution in [0.3, 0.4) is 0 Å². The van der Waals surface area contributed by atoms with Crippen LogP contribution in [0, 0.1) is 40.4 Å². The number of carbonyl (C=O) groups excluding carboxylic acids is 1. The molecule has 0 radical (unpaired) electrons. The fourth-order valence-corrected chi connectivity index (χ4v) is 7.69. The summed E-state index contributed by atoms with van der Waals surface area (Å²) in [5, 5.41) is 0. The maximum atomic E-state index is 11.9. The standard InChI is InChI=1S/C22H34O/c1-14(2)18-7-8-19-17-6-5-15-13-16(23)9-11-21(15,3)20(17)10-12-22(18,19)4/h13-14,17-20H,5-12H2,1-4H3/t17?,18-,19?,20+,21+,22-/m1/s1. The number of fused-ring (bicyclic) bond motifs is 5. The quantitative estimate of drug-likeness (QED) is 0.598. The first-order valence-corrected chi connectivity index (χ1v) is 10.1. The highest BCUT2D eigenvalue weighted by atomic mass is 16.1. The topological polar surface area (TPSA) is 17.1 Å². The van der Waals surface area contributed by atoms with E-state index in [9.17, 15) is 4.79 Å². The summed E-state index contributed by atoms with van der Waals surface area (Å²) in [5.41, 5.74) is 2.45. The SMILES string of the molecule is CC(C)[C@H]1CCC2C3CCC4=CC(=O)CC[C@]4(C)[C@H]3CC[C@@]21C. The van der Waals surface area contributed by atoms with Gasteiger partial charge in [-0.05, 0) is 91.4 Å². The molecule has 0 bridgehead atoms.